The van der Waals surface area contributed by atoms with Gasteiger partial charge >= 0.3 is 0 Å². The van der Waals surface area contributed by atoms with Gasteiger partial charge in [0.05, 0.1) is 28.8 Å². The van der Waals surface area contributed by atoms with Crippen LogP contribution in [0.4, 0.5) is 5.69 Å². The van der Waals surface area contributed by atoms with Crippen LogP contribution in [-0.4, -0.2) is 39.9 Å². The Morgan fingerprint density at radius 1 is 1.03 bits per heavy atom. The lowest BCUT2D eigenvalue weighted by Gasteiger charge is -2.15. The van der Waals surface area contributed by atoms with Crippen molar-refractivity contribution in [2.24, 2.45) is 0 Å². The highest BCUT2D eigenvalue weighted by Gasteiger charge is 2.22. The summed E-state index contributed by atoms with van der Waals surface area (Å²) in [5, 5.41) is 5.45. The zero-order valence-electron chi connectivity index (χ0n) is 17.5. The number of ether oxygens (including phenoxy) is 1. The standard InChI is InChI=1S/C21H27N3O5S/c1-5-12-22-20(25)16-8-6-7-9-18(16)24-30(27,28)15-10-11-19(29-4)17(13-15)21(26)23-14(2)3/h6-11,13-14,24H,5,12H2,1-4H3,(H,22,25)(H,23,26). The topological polar surface area (TPSA) is 114 Å². The van der Waals surface area contributed by atoms with Crippen molar-refractivity contribution in [3.05, 3.63) is 53.6 Å². The van der Waals surface area contributed by atoms with Gasteiger partial charge < -0.3 is 15.4 Å². The van der Waals surface area contributed by atoms with E-state index in [0.717, 1.165) is 6.42 Å². The molecule has 2 aromatic rings. The third-order valence-electron chi connectivity index (χ3n) is 4.10. The van der Waals surface area contributed by atoms with E-state index in [1.165, 1.54) is 31.4 Å². The van der Waals surface area contributed by atoms with Gasteiger partial charge in [0.15, 0.2) is 0 Å². The summed E-state index contributed by atoms with van der Waals surface area (Å²) in [6, 6.07) is 10.2. The number of hydrogen-bond acceptors (Lipinski definition) is 5. The molecule has 0 aliphatic heterocycles. The smallest absolute Gasteiger partial charge is 0.261 e. The molecule has 9 heteroatoms. The van der Waals surface area contributed by atoms with Gasteiger partial charge in [-0.05, 0) is 50.6 Å². The number of nitrogens with one attached hydrogen (secondary N) is 3. The summed E-state index contributed by atoms with van der Waals surface area (Å²) in [6.07, 6.45) is 0.757. The van der Waals surface area contributed by atoms with Gasteiger partial charge in [-0.3, -0.25) is 14.3 Å². The molecular formula is C21H27N3O5S. The number of para-hydroxylation sites is 1. The van der Waals surface area contributed by atoms with Gasteiger partial charge in [-0.1, -0.05) is 19.1 Å². The molecule has 0 fully saturated rings. The summed E-state index contributed by atoms with van der Waals surface area (Å²) >= 11 is 0. The van der Waals surface area contributed by atoms with Crippen molar-refractivity contribution in [1.82, 2.24) is 10.6 Å². The zero-order chi connectivity index (χ0) is 22.3. The average molecular weight is 434 g/mol. The normalized spacial score (nSPS) is 11.1. The second kappa shape index (κ2) is 10.1. The molecule has 0 unspecified atom stereocenters. The van der Waals surface area contributed by atoms with Gasteiger partial charge in [-0.15, -0.1) is 0 Å². The number of rotatable bonds is 9. The highest BCUT2D eigenvalue weighted by molar-refractivity contribution is 7.92. The molecule has 0 spiro atoms. The quantitative estimate of drug-likeness (QED) is 0.563. The summed E-state index contributed by atoms with van der Waals surface area (Å²) in [5.74, 6) is -0.563. The molecule has 2 amide bonds. The Labute approximate surface area is 177 Å². The fraction of sp³-hybridized carbons (Fsp3) is 0.333. The van der Waals surface area contributed by atoms with Crippen LogP contribution < -0.4 is 20.1 Å². The minimum Gasteiger partial charge on any atom is -0.496 e. The molecule has 0 bridgehead atoms. The minimum atomic E-state index is -4.06. The van der Waals surface area contributed by atoms with Crippen molar-refractivity contribution >= 4 is 27.5 Å². The molecule has 0 atom stereocenters. The average Bonchev–Trinajstić information content (AvgIpc) is 2.71. The van der Waals surface area contributed by atoms with Crippen molar-refractivity contribution in [1.29, 1.82) is 0 Å². The molecule has 0 aromatic heterocycles. The number of amides is 2. The van der Waals surface area contributed by atoms with Crippen LogP contribution in [0.2, 0.25) is 0 Å². The van der Waals surface area contributed by atoms with Crippen LogP contribution in [0.3, 0.4) is 0 Å². The third kappa shape index (κ3) is 5.73. The van der Waals surface area contributed by atoms with E-state index in [-0.39, 0.29) is 39.4 Å². The Kier molecular flexibility index (Phi) is 7.82. The number of carbonyl (C=O) groups is 2. The lowest BCUT2D eigenvalue weighted by atomic mass is 10.1. The van der Waals surface area contributed by atoms with E-state index >= 15 is 0 Å². The first-order chi connectivity index (χ1) is 14.2. The Morgan fingerprint density at radius 3 is 2.37 bits per heavy atom. The van der Waals surface area contributed by atoms with Crippen molar-refractivity contribution in [2.75, 3.05) is 18.4 Å². The Morgan fingerprint density at radius 2 is 1.73 bits per heavy atom. The molecule has 0 radical (unpaired) electrons. The summed E-state index contributed by atoms with van der Waals surface area (Å²) < 4.78 is 33.6. The van der Waals surface area contributed by atoms with Crippen LogP contribution in [-0.2, 0) is 10.0 Å². The van der Waals surface area contributed by atoms with Crippen molar-refractivity contribution in [3.8, 4) is 5.75 Å². The number of methoxy groups -OCH3 is 1. The molecule has 30 heavy (non-hydrogen) atoms. The zero-order valence-corrected chi connectivity index (χ0v) is 18.3. The van der Waals surface area contributed by atoms with Gasteiger partial charge in [0.25, 0.3) is 21.8 Å². The fourth-order valence-electron chi connectivity index (χ4n) is 2.68. The van der Waals surface area contributed by atoms with Crippen molar-refractivity contribution in [3.63, 3.8) is 0 Å². The van der Waals surface area contributed by atoms with E-state index in [1.54, 1.807) is 32.0 Å². The molecule has 3 N–H and O–H groups in total. The molecule has 8 nitrogen and oxygen atoms in total. The number of benzene rings is 2. The largest absolute Gasteiger partial charge is 0.496 e. The van der Waals surface area contributed by atoms with E-state index in [2.05, 4.69) is 15.4 Å². The van der Waals surface area contributed by atoms with E-state index in [0.29, 0.717) is 6.54 Å². The van der Waals surface area contributed by atoms with Crippen LogP contribution in [0.1, 0.15) is 47.9 Å². The van der Waals surface area contributed by atoms with E-state index in [4.69, 9.17) is 4.74 Å². The molecule has 0 aliphatic carbocycles. The monoisotopic (exact) mass is 433 g/mol. The maximum absolute atomic E-state index is 13.0. The third-order valence-corrected chi connectivity index (χ3v) is 5.46. The molecule has 0 saturated heterocycles. The number of sulfonamides is 1. The second-order valence-corrected chi connectivity index (χ2v) is 8.58. The molecule has 0 heterocycles. The Bertz CT molecular complexity index is 1020. The van der Waals surface area contributed by atoms with Gasteiger partial charge in [0, 0.05) is 12.6 Å². The highest BCUT2D eigenvalue weighted by atomic mass is 32.2. The van der Waals surface area contributed by atoms with Gasteiger partial charge in [-0.2, -0.15) is 0 Å². The van der Waals surface area contributed by atoms with Crippen LogP contribution in [0.15, 0.2) is 47.4 Å². The SMILES string of the molecule is CCCNC(=O)c1ccccc1NS(=O)(=O)c1ccc(OC)c(C(=O)NC(C)C)c1. The van der Waals surface area contributed by atoms with Gasteiger partial charge in [-0.25, -0.2) is 8.42 Å². The number of hydrogen-bond donors (Lipinski definition) is 3. The molecule has 0 saturated carbocycles. The number of anilines is 1. The predicted octanol–water partition coefficient (Wildman–Crippen LogP) is 2.77. The van der Waals surface area contributed by atoms with Gasteiger partial charge in [0.2, 0.25) is 0 Å². The van der Waals surface area contributed by atoms with E-state index < -0.39 is 15.9 Å². The fourth-order valence-corrected chi connectivity index (χ4v) is 3.78. The first kappa shape index (κ1) is 23.2. The Hall–Kier alpha value is -3.07. The van der Waals surface area contributed by atoms with E-state index in [1.807, 2.05) is 6.92 Å². The van der Waals surface area contributed by atoms with Crippen LogP contribution >= 0.6 is 0 Å². The van der Waals surface area contributed by atoms with Crippen molar-refractivity contribution < 1.29 is 22.7 Å². The molecule has 2 aromatic carbocycles. The molecule has 2 rings (SSSR count). The summed E-state index contributed by atoms with van der Waals surface area (Å²) in [4.78, 5) is 24.7. The number of carbonyl (C=O) groups excluding carboxylic acids is 2. The minimum absolute atomic E-state index is 0.100. The first-order valence-electron chi connectivity index (χ1n) is 9.58. The summed E-state index contributed by atoms with van der Waals surface area (Å²) in [5.41, 5.74) is 0.457. The summed E-state index contributed by atoms with van der Waals surface area (Å²) in [6.45, 7) is 6.00. The predicted molar refractivity (Wildman–Crippen MR) is 115 cm³/mol. The first-order valence-corrected chi connectivity index (χ1v) is 11.1. The van der Waals surface area contributed by atoms with Gasteiger partial charge in [0.1, 0.15) is 5.75 Å². The van der Waals surface area contributed by atoms with Crippen molar-refractivity contribution in [2.45, 2.75) is 38.1 Å². The lowest BCUT2D eigenvalue weighted by Crippen LogP contribution is -2.30. The maximum Gasteiger partial charge on any atom is 0.261 e. The summed E-state index contributed by atoms with van der Waals surface area (Å²) in [7, 11) is -2.66. The molecule has 162 valence electrons. The molecule has 0 aliphatic rings. The lowest BCUT2D eigenvalue weighted by molar-refractivity contribution is 0.0936. The second-order valence-electron chi connectivity index (χ2n) is 6.90. The maximum atomic E-state index is 13.0. The highest BCUT2D eigenvalue weighted by Crippen LogP contribution is 2.25. The van der Waals surface area contributed by atoms with E-state index in [9.17, 15) is 18.0 Å². The van der Waals surface area contributed by atoms with Crippen LogP contribution in [0.25, 0.3) is 0 Å². The Balaban J connectivity index is 2.39. The molecular weight excluding hydrogens is 406 g/mol. The van der Waals surface area contributed by atoms with Crippen LogP contribution in [0.5, 0.6) is 5.75 Å². The van der Waals surface area contributed by atoms with Crippen LogP contribution in [0, 0.1) is 0 Å².